The van der Waals surface area contributed by atoms with Crippen LogP contribution < -0.4 is 0 Å². The summed E-state index contributed by atoms with van der Waals surface area (Å²) in [5, 5.41) is 31.6. The Bertz CT molecular complexity index is 1860. The van der Waals surface area contributed by atoms with Gasteiger partial charge in [-0.25, -0.2) is 4.79 Å². The lowest BCUT2D eigenvalue weighted by molar-refractivity contribution is -0.301. The van der Waals surface area contributed by atoms with E-state index in [1.165, 1.54) is 57.8 Å². The Balaban J connectivity index is 2.69. The molecule has 12 nitrogen and oxygen atoms in total. The van der Waals surface area contributed by atoms with Crippen LogP contribution in [0.25, 0.3) is 0 Å². The summed E-state index contributed by atoms with van der Waals surface area (Å²) >= 11 is 0. The van der Waals surface area contributed by atoms with Gasteiger partial charge < -0.3 is 39.0 Å². The third-order valence-corrected chi connectivity index (χ3v) is 14.3. The third-order valence-electron chi connectivity index (χ3n) is 14.3. The molecule has 1 fully saturated rings. The van der Waals surface area contributed by atoms with Gasteiger partial charge in [0, 0.05) is 19.3 Å². The zero-order valence-electron chi connectivity index (χ0n) is 52.2. The van der Waals surface area contributed by atoms with Crippen molar-refractivity contribution in [2.45, 2.75) is 302 Å². The number of aliphatic carboxylic acids is 1. The minimum atomic E-state index is -1.92. The zero-order valence-corrected chi connectivity index (χ0v) is 52.2. The van der Waals surface area contributed by atoms with Gasteiger partial charge >= 0.3 is 23.9 Å². The molecule has 0 aromatic rings. The Morgan fingerprint density at radius 3 is 1.17 bits per heavy atom. The van der Waals surface area contributed by atoms with Gasteiger partial charge in [-0.15, -0.1) is 0 Å². The number of allylic oxidation sites excluding steroid dienone is 18. The highest BCUT2D eigenvalue weighted by atomic mass is 16.7. The number of hydrogen-bond acceptors (Lipinski definition) is 11. The largest absolute Gasteiger partial charge is 0.479 e. The molecule has 3 N–H and O–H groups in total. The number of carbonyl (C=O) groups is 4. The van der Waals surface area contributed by atoms with E-state index in [1.807, 2.05) is 0 Å². The SMILES string of the molecule is CC/C=C\C/C=C\C/C=C\C/C=C\CCCCCCCCC(=O)OCC(COC1OC(C(=O)O)C(O)C(O)C1OC(=O)CCCCCC/C=C\C/C=C\C/C=C\C/C=C\CC)OC(=O)CCCCCCCCC/C=C\CCCCCCCC. The van der Waals surface area contributed by atoms with Crippen molar-refractivity contribution < 1.29 is 58.2 Å². The van der Waals surface area contributed by atoms with E-state index >= 15 is 0 Å². The zero-order chi connectivity index (χ0) is 60.3. The average Bonchev–Trinajstić information content (AvgIpc) is 3.59. The lowest BCUT2D eigenvalue weighted by Crippen LogP contribution is -2.61. The standard InChI is InChI=1S/C71H116O12/c1-4-7-10-13-16-19-22-25-28-31-32-35-36-39-42-45-48-51-54-57-63(72)79-60-62(81-64(73)58-55-52-49-46-43-40-37-33-29-26-23-20-17-14-11-8-5-2)61-80-71-69(67(76)66(75)68(83-71)70(77)78)82-65(74)59-56-53-50-47-44-41-38-34-30-27-24-21-18-15-12-9-6-3/h7,9-10,12,16,18-19,21,25-30,32,35,38,41,62,66-69,71,75-76H,4-6,8,11,13-15,17,20,22-24,31,33-34,36-37,39-40,42-61H2,1-3H3,(H,77,78)/b10-7-,12-9-,19-16-,21-18-,28-25-,29-26-,30-27-,35-32-,41-38-. The molecule has 1 rings (SSSR count). The van der Waals surface area contributed by atoms with Crippen LogP contribution in [-0.2, 0) is 42.9 Å². The lowest BCUT2D eigenvalue weighted by Gasteiger charge is -2.40. The van der Waals surface area contributed by atoms with Crippen molar-refractivity contribution in [2.24, 2.45) is 0 Å². The van der Waals surface area contributed by atoms with Crippen molar-refractivity contribution in [3.8, 4) is 0 Å². The van der Waals surface area contributed by atoms with Gasteiger partial charge in [0.1, 0.15) is 18.8 Å². The molecule has 0 aliphatic carbocycles. The maximum absolute atomic E-state index is 13.2. The molecule has 6 unspecified atom stereocenters. The molecular formula is C71H116O12. The Labute approximate surface area is 504 Å². The smallest absolute Gasteiger partial charge is 0.335 e. The van der Waals surface area contributed by atoms with Crippen LogP contribution in [0.5, 0.6) is 0 Å². The predicted octanol–water partition coefficient (Wildman–Crippen LogP) is 17.8. The van der Waals surface area contributed by atoms with Gasteiger partial charge in [-0.1, -0.05) is 233 Å². The van der Waals surface area contributed by atoms with Crippen LogP contribution in [0.4, 0.5) is 0 Å². The van der Waals surface area contributed by atoms with Gasteiger partial charge in [0.2, 0.25) is 0 Å². The summed E-state index contributed by atoms with van der Waals surface area (Å²) in [5.74, 6) is -3.18. The number of carboxylic acids is 1. The first kappa shape index (κ1) is 76.4. The molecule has 0 radical (unpaired) electrons. The molecule has 1 heterocycles. The Morgan fingerprint density at radius 2 is 0.759 bits per heavy atom. The Kier molecular flexibility index (Phi) is 53.2. The van der Waals surface area contributed by atoms with Crippen LogP contribution in [-0.4, -0.2) is 89.2 Å². The summed E-state index contributed by atoms with van der Waals surface area (Å²) in [6.45, 7) is 5.76. The number of esters is 3. The molecule has 12 heteroatoms. The fraction of sp³-hybridized carbons (Fsp3) is 0.690. The van der Waals surface area contributed by atoms with E-state index in [9.17, 15) is 34.5 Å². The number of carboxylic acid groups (broad SMARTS) is 1. The predicted molar refractivity (Wildman–Crippen MR) is 340 cm³/mol. The molecule has 0 spiro atoms. The average molecular weight is 1160 g/mol. The molecule has 0 amide bonds. The van der Waals surface area contributed by atoms with E-state index in [4.69, 9.17) is 23.7 Å². The number of ether oxygens (including phenoxy) is 5. The summed E-state index contributed by atoms with van der Waals surface area (Å²) < 4.78 is 28.5. The summed E-state index contributed by atoms with van der Waals surface area (Å²) in [6.07, 6.45) is 66.1. The van der Waals surface area contributed by atoms with E-state index in [0.717, 1.165) is 148 Å². The van der Waals surface area contributed by atoms with Gasteiger partial charge in [0.05, 0.1) is 6.61 Å². The van der Waals surface area contributed by atoms with E-state index in [2.05, 4.69) is 130 Å². The summed E-state index contributed by atoms with van der Waals surface area (Å²) in [4.78, 5) is 51.4. The molecule has 0 aromatic heterocycles. The summed E-state index contributed by atoms with van der Waals surface area (Å²) in [7, 11) is 0. The van der Waals surface area contributed by atoms with Crippen LogP contribution in [0.1, 0.15) is 265 Å². The molecule has 1 aliphatic rings. The van der Waals surface area contributed by atoms with E-state index < -0.39 is 67.3 Å². The fourth-order valence-corrected chi connectivity index (χ4v) is 9.34. The lowest BCUT2D eigenvalue weighted by atomic mass is 9.98. The number of rotatable bonds is 55. The van der Waals surface area contributed by atoms with Gasteiger partial charge in [-0.2, -0.15) is 0 Å². The summed E-state index contributed by atoms with van der Waals surface area (Å²) in [6, 6.07) is 0. The quantitative estimate of drug-likeness (QED) is 0.0228. The topological polar surface area (TPSA) is 175 Å². The molecule has 0 saturated carbocycles. The first-order chi connectivity index (χ1) is 40.6. The molecule has 1 saturated heterocycles. The Hall–Kier alpha value is -4.62. The maximum Gasteiger partial charge on any atom is 0.335 e. The molecule has 472 valence electrons. The maximum atomic E-state index is 13.2. The van der Waals surface area contributed by atoms with Gasteiger partial charge in [-0.3, -0.25) is 14.4 Å². The third kappa shape index (κ3) is 47.3. The minimum Gasteiger partial charge on any atom is -0.479 e. The normalized spacial score (nSPS) is 18.3. The highest BCUT2D eigenvalue weighted by Gasteiger charge is 2.50. The van der Waals surface area contributed by atoms with Gasteiger partial charge in [0.25, 0.3) is 0 Å². The number of carbonyl (C=O) groups excluding carboxylic acids is 3. The monoisotopic (exact) mass is 1160 g/mol. The number of aliphatic hydroxyl groups is 2. The van der Waals surface area contributed by atoms with Crippen LogP contribution in [0.3, 0.4) is 0 Å². The second kappa shape index (κ2) is 57.8. The molecule has 1 aliphatic heterocycles. The highest BCUT2D eigenvalue weighted by Crippen LogP contribution is 2.26. The molecule has 6 atom stereocenters. The molecule has 0 aromatic carbocycles. The van der Waals surface area contributed by atoms with Crippen LogP contribution in [0.15, 0.2) is 109 Å². The summed E-state index contributed by atoms with van der Waals surface area (Å²) in [5.41, 5.74) is 0. The van der Waals surface area contributed by atoms with Gasteiger partial charge in [0.15, 0.2) is 24.6 Å². The van der Waals surface area contributed by atoms with Crippen LogP contribution >= 0.6 is 0 Å². The second-order valence-corrected chi connectivity index (χ2v) is 22.0. The molecule has 83 heavy (non-hydrogen) atoms. The highest BCUT2D eigenvalue weighted by molar-refractivity contribution is 5.74. The minimum absolute atomic E-state index is 0.0260. The first-order valence-corrected chi connectivity index (χ1v) is 32.9. The number of unbranched alkanes of at least 4 members (excludes halogenated alkanes) is 23. The van der Waals surface area contributed by atoms with Crippen molar-refractivity contribution in [3.05, 3.63) is 109 Å². The van der Waals surface area contributed by atoms with Crippen molar-refractivity contribution in [1.29, 1.82) is 0 Å². The van der Waals surface area contributed by atoms with E-state index in [-0.39, 0.29) is 25.9 Å². The van der Waals surface area contributed by atoms with E-state index in [1.54, 1.807) is 0 Å². The van der Waals surface area contributed by atoms with Crippen molar-refractivity contribution in [3.63, 3.8) is 0 Å². The fourth-order valence-electron chi connectivity index (χ4n) is 9.34. The van der Waals surface area contributed by atoms with Crippen LogP contribution in [0.2, 0.25) is 0 Å². The van der Waals surface area contributed by atoms with Crippen molar-refractivity contribution in [2.75, 3.05) is 13.2 Å². The van der Waals surface area contributed by atoms with E-state index in [0.29, 0.717) is 19.3 Å². The number of aliphatic hydroxyl groups excluding tert-OH is 2. The molecular weight excluding hydrogens is 1040 g/mol. The van der Waals surface area contributed by atoms with Crippen LogP contribution in [0, 0.1) is 0 Å². The van der Waals surface area contributed by atoms with Gasteiger partial charge in [-0.05, 0) is 122 Å². The Morgan fingerprint density at radius 1 is 0.410 bits per heavy atom. The first-order valence-electron chi connectivity index (χ1n) is 32.9. The number of hydrogen-bond donors (Lipinski definition) is 3. The second-order valence-electron chi connectivity index (χ2n) is 22.0. The van der Waals surface area contributed by atoms with Crippen molar-refractivity contribution in [1.82, 2.24) is 0 Å². The van der Waals surface area contributed by atoms with Crippen molar-refractivity contribution >= 4 is 23.9 Å². The molecule has 0 bridgehead atoms.